The highest BCUT2D eigenvalue weighted by molar-refractivity contribution is 9.15. The quantitative estimate of drug-likeness (QED) is 0.0676. The van der Waals surface area contributed by atoms with Gasteiger partial charge in [0.25, 0.3) is 23.4 Å². The van der Waals surface area contributed by atoms with Gasteiger partial charge < -0.3 is 0 Å². The maximum atomic E-state index is 13.6. The molecule has 0 bridgehead atoms. The lowest BCUT2D eigenvalue weighted by atomic mass is 10.1. The van der Waals surface area contributed by atoms with E-state index in [2.05, 4.69) is 63.7 Å². The molecule has 0 saturated heterocycles. The Morgan fingerprint density at radius 1 is 0.892 bits per heavy atom. The van der Waals surface area contributed by atoms with Crippen LogP contribution >= 0.6 is 75.3 Å². The first-order chi connectivity index (χ1) is 17.5. The van der Waals surface area contributed by atoms with Crippen molar-refractivity contribution in [3.05, 3.63) is 104 Å². The molecule has 3 aromatic rings. The van der Waals surface area contributed by atoms with Crippen LogP contribution in [-0.2, 0) is 0 Å². The third-order valence-electron chi connectivity index (χ3n) is 5.33. The third-order valence-corrected chi connectivity index (χ3v) is 10.4. The van der Waals surface area contributed by atoms with Gasteiger partial charge in [-0.25, -0.2) is 5.01 Å². The van der Waals surface area contributed by atoms with Crippen molar-refractivity contribution >= 4 is 105 Å². The van der Waals surface area contributed by atoms with Crippen molar-refractivity contribution in [1.82, 2.24) is 10.0 Å². The van der Waals surface area contributed by atoms with Gasteiger partial charge in [0.05, 0.1) is 26.6 Å². The smallest absolute Gasteiger partial charge is 0.282 e. The monoisotopic (exact) mass is 775 g/mol. The van der Waals surface area contributed by atoms with E-state index in [-0.39, 0.29) is 41.9 Å². The van der Waals surface area contributed by atoms with Gasteiger partial charge in [0.1, 0.15) is 6.54 Å². The Morgan fingerprint density at radius 2 is 1.46 bits per heavy atom. The van der Waals surface area contributed by atoms with E-state index in [4.69, 9.17) is 11.6 Å². The number of carbonyl (C=O) groups is 4. The minimum Gasteiger partial charge on any atom is -0.292 e. The van der Waals surface area contributed by atoms with E-state index in [9.17, 15) is 29.3 Å². The van der Waals surface area contributed by atoms with Crippen molar-refractivity contribution in [2.45, 2.75) is 0 Å². The lowest BCUT2D eigenvalue weighted by Gasteiger charge is -2.29. The normalized spacial score (nSPS) is 12.5. The summed E-state index contributed by atoms with van der Waals surface area (Å²) in [5.74, 6) is -3.38. The summed E-state index contributed by atoms with van der Waals surface area (Å²) in [6.45, 7) is -0.783. The molecule has 0 radical (unpaired) electrons. The number of non-ortho nitro benzene ring substituents is 1. The number of hydrogen-bond acceptors (Lipinski definition) is 6. The second-order valence-electron chi connectivity index (χ2n) is 7.50. The number of carbonyl (C=O) groups excluding carboxylic acids is 4. The third kappa shape index (κ3) is 4.90. The topological polar surface area (TPSA) is 118 Å². The Morgan fingerprint density at radius 3 is 2.00 bits per heavy atom. The van der Waals surface area contributed by atoms with Crippen molar-refractivity contribution < 1.29 is 24.1 Å². The second kappa shape index (κ2) is 10.7. The minimum absolute atomic E-state index is 0.0322. The predicted molar refractivity (Wildman–Crippen MR) is 148 cm³/mol. The molecule has 1 aliphatic rings. The summed E-state index contributed by atoms with van der Waals surface area (Å²) in [7, 11) is 0. The average Bonchev–Trinajstić information content (AvgIpc) is 3.14. The number of rotatable bonds is 6. The first-order valence-electron chi connectivity index (χ1n) is 10.0. The number of benzene rings is 3. The molecule has 0 saturated carbocycles. The van der Waals surface area contributed by atoms with Gasteiger partial charge in [0, 0.05) is 35.6 Å². The van der Waals surface area contributed by atoms with Crippen LogP contribution in [0.5, 0.6) is 0 Å². The molecule has 14 heteroatoms. The Kier molecular flexibility index (Phi) is 8.00. The summed E-state index contributed by atoms with van der Waals surface area (Å²) < 4.78 is 1.40. The van der Waals surface area contributed by atoms with Crippen LogP contribution in [0, 0.1) is 10.1 Å². The maximum absolute atomic E-state index is 13.6. The van der Waals surface area contributed by atoms with E-state index >= 15 is 0 Å². The van der Waals surface area contributed by atoms with Crippen LogP contribution in [0.25, 0.3) is 0 Å². The number of hydrogen-bond donors (Lipinski definition) is 0. The van der Waals surface area contributed by atoms with E-state index in [0.29, 0.717) is 19.0 Å². The largest absolute Gasteiger partial charge is 0.292 e. The first-order valence-corrected chi connectivity index (χ1v) is 13.6. The lowest BCUT2D eigenvalue weighted by molar-refractivity contribution is -0.384. The number of Topliss-reactive ketones (excluding diaryl/α,β-unsaturated/α-hetero) is 1. The Labute approximate surface area is 247 Å². The van der Waals surface area contributed by atoms with Crippen molar-refractivity contribution in [3.63, 3.8) is 0 Å². The van der Waals surface area contributed by atoms with Crippen molar-refractivity contribution in [2.75, 3.05) is 6.54 Å². The molecule has 0 fully saturated rings. The number of nitro benzene ring substituents is 1. The fraction of sp³-hybridized carbons (Fsp3) is 0.0435. The van der Waals surface area contributed by atoms with E-state index < -0.39 is 35.0 Å². The number of ketones is 1. The van der Waals surface area contributed by atoms with E-state index in [0.717, 1.165) is 6.07 Å². The molecular formula is C23H10Br4ClN3O6. The summed E-state index contributed by atoms with van der Waals surface area (Å²) in [6.07, 6.45) is 0. The van der Waals surface area contributed by atoms with Gasteiger partial charge in [0.2, 0.25) is 0 Å². The Hall–Kier alpha value is -2.45. The zero-order valence-electron chi connectivity index (χ0n) is 18.0. The summed E-state index contributed by atoms with van der Waals surface area (Å²) in [4.78, 5) is 64.5. The average molecular weight is 779 g/mol. The zero-order valence-corrected chi connectivity index (χ0v) is 25.1. The summed E-state index contributed by atoms with van der Waals surface area (Å²) in [5.41, 5.74) is -0.555. The molecular weight excluding hydrogens is 769 g/mol. The van der Waals surface area contributed by atoms with Gasteiger partial charge in [0.15, 0.2) is 5.78 Å². The van der Waals surface area contributed by atoms with Crippen molar-refractivity contribution in [2.24, 2.45) is 0 Å². The standard InChI is InChI=1S/C23H10Br4ClN3O6/c24-17-15-16(18(25)20(27)19(17)26)23(35)30(22(15)34)29(21(33)12-6-1-2-7-13(12)28)9-14(32)10-4-3-5-11(8-10)31(36)37/h1-8H,9H2. The number of nitro groups is 1. The van der Waals surface area contributed by atoms with Crippen LogP contribution < -0.4 is 0 Å². The molecule has 9 nitrogen and oxygen atoms in total. The van der Waals surface area contributed by atoms with Crippen LogP contribution in [0.1, 0.15) is 41.4 Å². The van der Waals surface area contributed by atoms with Crippen LogP contribution in [-0.4, -0.2) is 45.0 Å². The molecule has 0 spiro atoms. The minimum atomic E-state index is -0.899. The molecule has 1 aliphatic heterocycles. The first kappa shape index (κ1) is 27.6. The highest BCUT2D eigenvalue weighted by Crippen LogP contribution is 2.45. The molecule has 0 unspecified atom stereocenters. The zero-order chi connectivity index (χ0) is 27.2. The van der Waals surface area contributed by atoms with Crippen LogP contribution in [0.4, 0.5) is 5.69 Å². The van der Waals surface area contributed by atoms with Crippen LogP contribution in [0.3, 0.4) is 0 Å². The van der Waals surface area contributed by atoms with E-state index in [1.54, 1.807) is 6.07 Å². The van der Waals surface area contributed by atoms with Gasteiger partial charge in [-0.15, -0.1) is 0 Å². The van der Waals surface area contributed by atoms with E-state index in [1.807, 2.05) is 0 Å². The highest BCUT2D eigenvalue weighted by Gasteiger charge is 2.46. The highest BCUT2D eigenvalue weighted by atomic mass is 79.9. The van der Waals surface area contributed by atoms with Gasteiger partial charge in [-0.1, -0.05) is 35.9 Å². The Bertz CT molecular complexity index is 1500. The number of halogens is 5. The summed E-state index contributed by atoms with van der Waals surface area (Å²) in [5, 5.41) is 12.5. The molecule has 3 aromatic carbocycles. The Balaban J connectivity index is 1.83. The number of nitrogens with zero attached hydrogens (tertiary/aromatic N) is 3. The molecule has 1 heterocycles. The number of amides is 3. The van der Waals surface area contributed by atoms with Crippen LogP contribution in [0.2, 0.25) is 5.02 Å². The molecule has 0 aromatic heterocycles. The molecule has 3 amide bonds. The SMILES string of the molecule is O=C(CN(C(=O)c1ccccc1Cl)N1C(=O)c2c(Br)c(Br)c(Br)c(Br)c2C1=O)c1cccc([N+](=O)[O-])c1. The summed E-state index contributed by atoms with van der Waals surface area (Å²) in [6, 6.07) is 10.8. The number of hydrazine groups is 1. The second-order valence-corrected chi connectivity index (χ2v) is 11.1. The molecule has 0 aliphatic carbocycles. The number of imide groups is 1. The molecule has 0 atom stereocenters. The fourth-order valence-corrected chi connectivity index (χ4v) is 6.26. The lowest BCUT2D eigenvalue weighted by Crippen LogP contribution is -2.51. The number of fused-ring (bicyclic) bond motifs is 1. The van der Waals surface area contributed by atoms with Gasteiger partial charge in [-0.05, 0) is 75.9 Å². The van der Waals surface area contributed by atoms with Gasteiger partial charge in [-0.2, -0.15) is 5.01 Å². The molecule has 0 N–H and O–H groups in total. The van der Waals surface area contributed by atoms with Gasteiger partial charge >= 0.3 is 0 Å². The van der Waals surface area contributed by atoms with Crippen molar-refractivity contribution in [3.8, 4) is 0 Å². The van der Waals surface area contributed by atoms with Crippen molar-refractivity contribution in [1.29, 1.82) is 0 Å². The van der Waals surface area contributed by atoms with Crippen LogP contribution in [0.15, 0.2) is 66.4 Å². The van der Waals surface area contributed by atoms with E-state index in [1.165, 1.54) is 36.4 Å². The molecule has 188 valence electrons. The molecule has 4 rings (SSSR count). The maximum Gasteiger partial charge on any atom is 0.282 e. The van der Waals surface area contributed by atoms with Gasteiger partial charge in [-0.3, -0.25) is 29.3 Å². The fourth-order valence-electron chi connectivity index (χ4n) is 3.58. The molecule has 37 heavy (non-hydrogen) atoms. The summed E-state index contributed by atoms with van der Waals surface area (Å²) >= 11 is 19.5. The predicted octanol–water partition coefficient (Wildman–Crippen LogP) is 6.83.